The lowest BCUT2D eigenvalue weighted by Gasteiger charge is -2.16. The Balaban J connectivity index is 2.10. The number of anilines is 3. The maximum atomic E-state index is 12.1. The van der Waals surface area contributed by atoms with Crippen molar-refractivity contribution in [2.45, 2.75) is 0 Å². The summed E-state index contributed by atoms with van der Waals surface area (Å²) in [5.41, 5.74) is 7.51. The van der Waals surface area contributed by atoms with Gasteiger partial charge in [-0.15, -0.1) is 0 Å². The summed E-state index contributed by atoms with van der Waals surface area (Å²) in [7, 11) is 4.56. The van der Waals surface area contributed by atoms with Crippen molar-refractivity contribution in [2.24, 2.45) is 7.05 Å². The third kappa shape index (κ3) is 3.63. The van der Waals surface area contributed by atoms with E-state index in [0.717, 1.165) is 0 Å². The van der Waals surface area contributed by atoms with Gasteiger partial charge < -0.3 is 20.5 Å². The zero-order chi connectivity index (χ0) is 19.6. The lowest BCUT2D eigenvalue weighted by Crippen LogP contribution is -2.11. The molecule has 3 aromatic rings. The first-order valence-corrected chi connectivity index (χ1v) is 8.16. The van der Waals surface area contributed by atoms with Crippen LogP contribution in [0.4, 0.5) is 17.2 Å². The van der Waals surface area contributed by atoms with E-state index in [1.807, 2.05) is 6.07 Å². The summed E-state index contributed by atoms with van der Waals surface area (Å²) in [6.07, 6.45) is 1.59. The summed E-state index contributed by atoms with van der Waals surface area (Å²) in [4.78, 5) is 20.3. The van der Waals surface area contributed by atoms with Crippen LogP contribution < -0.4 is 15.8 Å². The van der Waals surface area contributed by atoms with Gasteiger partial charge >= 0.3 is 5.97 Å². The van der Waals surface area contributed by atoms with Crippen LogP contribution in [0, 0.1) is 0 Å². The molecule has 0 radical (unpaired) electrons. The molecule has 0 amide bonds. The van der Waals surface area contributed by atoms with Gasteiger partial charge in [0, 0.05) is 13.1 Å². The van der Waals surface area contributed by atoms with Crippen LogP contribution in [0.3, 0.4) is 0 Å². The Bertz CT molecular complexity index is 1000. The number of nitrogen functional groups attached to an aromatic ring is 1. The highest BCUT2D eigenvalue weighted by molar-refractivity contribution is 6.30. The van der Waals surface area contributed by atoms with E-state index in [2.05, 4.69) is 20.4 Å². The van der Waals surface area contributed by atoms with E-state index in [1.165, 1.54) is 20.3 Å². The fraction of sp³-hybridized carbons (Fsp3) is 0.176. The molecule has 0 fully saturated rings. The van der Waals surface area contributed by atoms with Crippen molar-refractivity contribution in [1.82, 2.24) is 19.7 Å². The Morgan fingerprint density at radius 2 is 2.07 bits per heavy atom. The molecule has 1 aromatic carbocycles. The number of para-hydroxylation sites is 1. The lowest BCUT2D eigenvalue weighted by atomic mass is 10.1. The predicted molar refractivity (Wildman–Crippen MR) is 101 cm³/mol. The molecule has 9 nitrogen and oxygen atoms in total. The smallest absolute Gasteiger partial charge is 0.343 e. The lowest BCUT2D eigenvalue weighted by molar-refractivity contribution is 0.0602. The third-order valence-corrected chi connectivity index (χ3v) is 3.93. The Labute approximate surface area is 160 Å². The molecular formula is C17H17ClN6O3. The van der Waals surface area contributed by atoms with Crippen molar-refractivity contribution in [3.8, 4) is 17.1 Å². The number of carbonyl (C=O) groups excluding carboxylic acids is 1. The van der Waals surface area contributed by atoms with Gasteiger partial charge in [0.05, 0.1) is 31.2 Å². The van der Waals surface area contributed by atoms with Crippen LogP contribution in [0.1, 0.15) is 10.4 Å². The fourth-order valence-corrected chi connectivity index (χ4v) is 2.79. The number of nitrogens with zero attached hydrogens (tertiary/aromatic N) is 4. The van der Waals surface area contributed by atoms with Crippen molar-refractivity contribution in [2.75, 3.05) is 25.3 Å². The third-order valence-electron chi connectivity index (χ3n) is 3.73. The Hall–Kier alpha value is -3.33. The summed E-state index contributed by atoms with van der Waals surface area (Å²) in [5.74, 6) is 0.309. The molecule has 27 heavy (non-hydrogen) atoms. The van der Waals surface area contributed by atoms with E-state index in [9.17, 15) is 4.79 Å². The van der Waals surface area contributed by atoms with E-state index in [-0.39, 0.29) is 16.5 Å². The van der Waals surface area contributed by atoms with Gasteiger partial charge in [-0.25, -0.2) is 14.8 Å². The highest BCUT2D eigenvalue weighted by Crippen LogP contribution is 2.38. The number of aryl methyl sites for hydroxylation is 1. The molecule has 3 rings (SSSR count). The number of methoxy groups -OCH3 is 2. The monoisotopic (exact) mass is 388 g/mol. The number of hydrogen-bond acceptors (Lipinski definition) is 8. The molecule has 140 valence electrons. The molecule has 10 heteroatoms. The SMILES string of the molecule is COC(=O)c1c(Nc2cccc(-c3ncn(C)n3)c2OC)cc(Cl)nc1N. The molecule has 0 unspecified atom stereocenters. The molecule has 2 aromatic heterocycles. The van der Waals surface area contributed by atoms with Crippen LogP contribution in [-0.4, -0.2) is 39.9 Å². The minimum Gasteiger partial charge on any atom is -0.494 e. The number of pyridine rings is 1. The Morgan fingerprint density at radius 3 is 2.70 bits per heavy atom. The highest BCUT2D eigenvalue weighted by atomic mass is 35.5. The Kier molecular flexibility index (Phi) is 5.13. The number of aromatic nitrogens is 4. The van der Waals surface area contributed by atoms with Crippen LogP contribution >= 0.6 is 11.6 Å². The number of rotatable bonds is 5. The van der Waals surface area contributed by atoms with Gasteiger partial charge in [0.25, 0.3) is 0 Å². The predicted octanol–water partition coefficient (Wildman–Crippen LogP) is 2.65. The molecule has 0 saturated carbocycles. The van der Waals surface area contributed by atoms with Crippen LogP contribution in [-0.2, 0) is 11.8 Å². The minimum absolute atomic E-state index is 0.0432. The van der Waals surface area contributed by atoms with Crippen molar-refractivity contribution in [3.05, 3.63) is 41.3 Å². The second-order valence-corrected chi connectivity index (χ2v) is 5.88. The molecule has 0 aliphatic heterocycles. The van der Waals surface area contributed by atoms with Gasteiger partial charge in [0.2, 0.25) is 0 Å². The number of nitrogens with two attached hydrogens (primary N) is 1. The molecular weight excluding hydrogens is 372 g/mol. The maximum absolute atomic E-state index is 12.1. The first-order chi connectivity index (χ1) is 12.9. The minimum atomic E-state index is -0.638. The normalized spacial score (nSPS) is 10.5. The summed E-state index contributed by atoms with van der Waals surface area (Å²) in [5, 5.41) is 7.54. The average molecular weight is 389 g/mol. The molecule has 0 bridgehead atoms. The van der Waals surface area contributed by atoms with Gasteiger partial charge in [0.1, 0.15) is 22.9 Å². The average Bonchev–Trinajstić information content (AvgIpc) is 3.06. The summed E-state index contributed by atoms with van der Waals surface area (Å²) in [6, 6.07) is 6.89. The van der Waals surface area contributed by atoms with E-state index in [4.69, 9.17) is 26.8 Å². The zero-order valence-corrected chi connectivity index (χ0v) is 15.6. The topological polar surface area (TPSA) is 117 Å². The maximum Gasteiger partial charge on any atom is 0.343 e. The number of hydrogen-bond donors (Lipinski definition) is 2. The molecule has 2 heterocycles. The quantitative estimate of drug-likeness (QED) is 0.506. The molecule has 0 spiro atoms. The standard InChI is InChI=1S/C17H17ClN6O3/c1-24-8-20-16(23-24)9-5-4-6-10(14(9)26-2)21-11-7-12(18)22-15(19)13(11)17(25)27-3/h4-8H,1-3H3,(H3,19,21,22). The number of nitrogens with one attached hydrogen (secondary N) is 1. The number of ether oxygens (including phenoxy) is 2. The van der Waals surface area contributed by atoms with E-state index in [0.29, 0.717) is 28.5 Å². The highest BCUT2D eigenvalue weighted by Gasteiger charge is 2.21. The van der Waals surface area contributed by atoms with Crippen LogP contribution in [0.15, 0.2) is 30.6 Å². The number of halogens is 1. The van der Waals surface area contributed by atoms with Crippen LogP contribution in [0.25, 0.3) is 11.4 Å². The number of benzene rings is 1. The number of esters is 1. The first kappa shape index (κ1) is 18.5. The van der Waals surface area contributed by atoms with Crippen molar-refractivity contribution >= 4 is 34.8 Å². The Morgan fingerprint density at radius 1 is 1.30 bits per heavy atom. The molecule has 3 N–H and O–H groups in total. The molecule has 0 atom stereocenters. The van der Waals surface area contributed by atoms with E-state index in [1.54, 1.807) is 30.2 Å². The second kappa shape index (κ2) is 7.50. The zero-order valence-electron chi connectivity index (χ0n) is 14.9. The van der Waals surface area contributed by atoms with E-state index < -0.39 is 5.97 Å². The molecule has 0 aliphatic carbocycles. The summed E-state index contributed by atoms with van der Waals surface area (Å²) < 4.78 is 11.9. The first-order valence-electron chi connectivity index (χ1n) is 7.79. The van der Waals surface area contributed by atoms with Gasteiger partial charge in [-0.05, 0) is 12.1 Å². The largest absolute Gasteiger partial charge is 0.494 e. The van der Waals surface area contributed by atoms with E-state index >= 15 is 0 Å². The fourth-order valence-electron chi connectivity index (χ4n) is 2.59. The molecule has 0 aliphatic rings. The number of carbonyl (C=O) groups is 1. The summed E-state index contributed by atoms with van der Waals surface area (Å²) in [6.45, 7) is 0. The van der Waals surface area contributed by atoms with Gasteiger partial charge in [-0.3, -0.25) is 4.68 Å². The van der Waals surface area contributed by atoms with Crippen molar-refractivity contribution in [1.29, 1.82) is 0 Å². The van der Waals surface area contributed by atoms with Crippen LogP contribution in [0.2, 0.25) is 5.15 Å². The van der Waals surface area contributed by atoms with Gasteiger partial charge in [-0.2, -0.15) is 5.10 Å². The second-order valence-electron chi connectivity index (χ2n) is 5.50. The molecule has 0 saturated heterocycles. The van der Waals surface area contributed by atoms with Gasteiger partial charge in [-0.1, -0.05) is 17.7 Å². The van der Waals surface area contributed by atoms with Crippen molar-refractivity contribution in [3.63, 3.8) is 0 Å². The van der Waals surface area contributed by atoms with Gasteiger partial charge in [0.15, 0.2) is 11.6 Å². The summed E-state index contributed by atoms with van der Waals surface area (Å²) >= 11 is 6.00. The van der Waals surface area contributed by atoms with Crippen molar-refractivity contribution < 1.29 is 14.3 Å². The van der Waals surface area contributed by atoms with Crippen LogP contribution in [0.5, 0.6) is 5.75 Å².